The highest BCUT2D eigenvalue weighted by atomic mass is 19.4. The van der Waals surface area contributed by atoms with E-state index in [1.165, 1.54) is 6.92 Å². The minimum atomic E-state index is -4.82. The number of halogens is 3. The molecule has 1 amide bonds. The van der Waals surface area contributed by atoms with E-state index in [-0.39, 0.29) is 6.54 Å². The second kappa shape index (κ2) is 3.56. The largest absolute Gasteiger partial charge is 0.471 e. The molecule has 0 unspecified atom stereocenters. The summed E-state index contributed by atoms with van der Waals surface area (Å²) >= 11 is 0. The molecule has 0 saturated heterocycles. The van der Waals surface area contributed by atoms with Gasteiger partial charge >= 0.3 is 12.1 Å². The van der Waals surface area contributed by atoms with Crippen LogP contribution in [0.2, 0.25) is 0 Å². The molecule has 0 rings (SSSR count). The Bertz CT molecular complexity index is 145. The fourth-order valence-electron chi connectivity index (χ4n) is 0.365. The van der Waals surface area contributed by atoms with Crippen molar-refractivity contribution in [2.75, 3.05) is 6.54 Å². The number of rotatable bonds is 2. The van der Waals surface area contributed by atoms with Crippen LogP contribution in [0.4, 0.5) is 13.2 Å². The second-order valence-corrected chi connectivity index (χ2v) is 2.11. The Morgan fingerprint density at radius 3 is 2.36 bits per heavy atom. The van der Waals surface area contributed by atoms with E-state index in [1.807, 2.05) is 0 Å². The van der Waals surface area contributed by atoms with Crippen LogP contribution in [-0.2, 0) is 4.79 Å². The first-order valence-corrected chi connectivity index (χ1v) is 2.95. The van der Waals surface area contributed by atoms with Crippen molar-refractivity contribution < 1.29 is 18.0 Å². The van der Waals surface area contributed by atoms with E-state index in [4.69, 9.17) is 5.73 Å². The van der Waals surface area contributed by atoms with Crippen LogP contribution >= 0.6 is 0 Å². The molecule has 0 heterocycles. The summed E-state index contributed by atoms with van der Waals surface area (Å²) in [5.41, 5.74) is 4.98. The van der Waals surface area contributed by atoms with Gasteiger partial charge in [-0.2, -0.15) is 13.2 Å². The van der Waals surface area contributed by atoms with Crippen molar-refractivity contribution in [1.82, 2.24) is 5.32 Å². The van der Waals surface area contributed by atoms with Gasteiger partial charge in [-0.05, 0) is 6.92 Å². The fourth-order valence-corrected chi connectivity index (χ4v) is 0.365. The molecule has 0 bridgehead atoms. The van der Waals surface area contributed by atoms with E-state index in [0.29, 0.717) is 0 Å². The van der Waals surface area contributed by atoms with Crippen molar-refractivity contribution in [3.05, 3.63) is 0 Å². The van der Waals surface area contributed by atoms with Gasteiger partial charge in [0.15, 0.2) is 0 Å². The standard InChI is InChI=1S/C5H9F3N2O/c1-3(2-9)10-4(11)5(6,7)8/h3H,2,9H2,1H3,(H,10,11)/t3-/m1/s1. The summed E-state index contributed by atoms with van der Waals surface area (Å²) in [5, 5.41) is 1.68. The van der Waals surface area contributed by atoms with Crippen molar-refractivity contribution in [3.8, 4) is 0 Å². The summed E-state index contributed by atoms with van der Waals surface area (Å²) in [6, 6.07) is -0.649. The third kappa shape index (κ3) is 3.82. The number of carbonyl (C=O) groups is 1. The Hall–Kier alpha value is -0.780. The molecular weight excluding hydrogens is 161 g/mol. The molecule has 66 valence electrons. The van der Waals surface area contributed by atoms with E-state index in [0.717, 1.165) is 0 Å². The lowest BCUT2D eigenvalue weighted by molar-refractivity contribution is -0.174. The number of nitrogens with one attached hydrogen (secondary N) is 1. The van der Waals surface area contributed by atoms with Crippen LogP contribution in [0.1, 0.15) is 6.92 Å². The molecule has 0 aliphatic carbocycles. The van der Waals surface area contributed by atoms with Gasteiger partial charge in [-0.3, -0.25) is 4.79 Å². The van der Waals surface area contributed by atoms with Gasteiger partial charge in [-0.15, -0.1) is 0 Å². The summed E-state index contributed by atoms with van der Waals surface area (Å²) < 4.78 is 34.5. The van der Waals surface area contributed by atoms with Crippen molar-refractivity contribution in [1.29, 1.82) is 0 Å². The SMILES string of the molecule is C[C@H](CN)NC(=O)C(F)(F)F. The molecule has 0 spiro atoms. The Balaban J connectivity index is 3.88. The number of hydrogen-bond acceptors (Lipinski definition) is 2. The van der Waals surface area contributed by atoms with E-state index < -0.39 is 18.1 Å². The van der Waals surface area contributed by atoms with Gasteiger partial charge < -0.3 is 11.1 Å². The third-order valence-corrected chi connectivity index (χ3v) is 0.989. The zero-order chi connectivity index (χ0) is 9.07. The molecule has 11 heavy (non-hydrogen) atoms. The van der Waals surface area contributed by atoms with Gasteiger partial charge in [0.05, 0.1) is 0 Å². The molecule has 3 N–H and O–H groups in total. The quantitative estimate of drug-likeness (QED) is 0.613. The highest BCUT2D eigenvalue weighted by Gasteiger charge is 2.38. The van der Waals surface area contributed by atoms with Gasteiger partial charge in [0.1, 0.15) is 0 Å². The van der Waals surface area contributed by atoms with Crippen LogP contribution in [0.15, 0.2) is 0 Å². The van der Waals surface area contributed by atoms with E-state index in [9.17, 15) is 18.0 Å². The van der Waals surface area contributed by atoms with Crippen LogP contribution in [0.25, 0.3) is 0 Å². The van der Waals surface area contributed by atoms with Crippen molar-refractivity contribution >= 4 is 5.91 Å². The number of alkyl halides is 3. The monoisotopic (exact) mass is 170 g/mol. The van der Waals surface area contributed by atoms with E-state index in [1.54, 1.807) is 5.32 Å². The normalized spacial score (nSPS) is 14.3. The Morgan fingerprint density at radius 1 is 1.64 bits per heavy atom. The van der Waals surface area contributed by atoms with Gasteiger partial charge in [0, 0.05) is 12.6 Å². The number of nitrogens with two attached hydrogens (primary N) is 1. The Labute approximate surface area is 61.7 Å². The minimum Gasteiger partial charge on any atom is -0.345 e. The maximum atomic E-state index is 11.5. The van der Waals surface area contributed by atoms with Crippen molar-refractivity contribution in [2.24, 2.45) is 5.73 Å². The van der Waals surface area contributed by atoms with Crippen LogP contribution in [0.3, 0.4) is 0 Å². The molecule has 0 fully saturated rings. The molecular formula is C5H9F3N2O. The highest BCUT2D eigenvalue weighted by molar-refractivity contribution is 5.81. The maximum absolute atomic E-state index is 11.5. The number of amides is 1. The fraction of sp³-hybridized carbons (Fsp3) is 0.800. The van der Waals surface area contributed by atoms with Crippen LogP contribution in [-0.4, -0.2) is 24.7 Å². The molecule has 0 radical (unpaired) electrons. The summed E-state index contributed by atoms with van der Waals surface area (Å²) in [6.07, 6.45) is -4.82. The minimum absolute atomic E-state index is 0.0121. The molecule has 6 heteroatoms. The molecule has 0 aromatic heterocycles. The highest BCUT2D eigenvalue weighted by Crippen LogP contribution is 2.14. The molecule has 3 nitrogen and oxygen atoms in total. The molecule has 0 aliphatic rings. The molecule has 1 atom stereocenters. The lowest BCUT2D eigenvalue weighted by atomic mass is 10.3. The molecule has 0 saturated carbocycles. The molecule has 0 aromatic rings. The van der Waals surface area contributed by atoms with Gasteiger partial charge in [-0.1, -0.05) is 0 Å². The predicted octanol–water partition coefficient (Wildman–Crippen LogP) is 0.0121. The zero-order valence-electron chi connectivity index (χ0n) is 5.90. The molecule has 0 aromatic carbocycles. The summed E-state index contributed by atoms with van der Waals surface area (Å²) in [7, 11) is 0. The first-order valence-electron chi connectivity index (χ1n) is 2.95. The van der Waals surface area contributed by atoms with Crippen LogP contribution in [0.5, 0.6) is 0 Å². The topological polar surface area (TPSA) is 55.1 Å². The first kappa shape index (κ1) is 10.2. The zero-order valence-corrected chi connectivity index (χ0v) is 5.90. The van der Waals surface area contributed by atoms with Crippen LogP contribution in [0, 0.1) is 0 Å². The smallest absolute Gasteiger partial charge is 0.345 e. The second-order valence-electron chi connectivity index (χ2n) is 2.11. The summed E-state index contributed by atoms with van der Waals surface area (Å²) in [6.45, 7) is 1.38. The van der Waals surface area contributed by atoms with E-state index in [2.05, 4.69) is 0 Å². The first-order chi connectivity index (χ1) is 4.88. The third-order valence-electron chi connectivity index (χ3n) is 0.989. The summed E-state index contributed by atoms with van der Waals surface area (Å²) in [5.74, 6) is -1.95. The average molecular weight is 170 g/mol. The lowest BCUT2D eigenvalue weighted by Crippen LogP contribution is -2.44. The lowest BCUT2D eigenvalue weighted by Gasteiger charge is -2.12. The maximum Gasteiger partial charge on any atom is 0.471 e. The van der Waals surface area contributed by atoms with E-state index >= 15 is 0 Å². The Kier molecular flexibility index (Phi) is 3.31. The van der Waals surface area contributed by atoms with Crippen molar-refractivity contribution in [2.45, 2.75) is 19.1 Å². The van der Waals surface area contributed by atoms with Crippen molar-refractivity contribution in [3.63, 3.8) is 0 Å². The van der Waals surface area contributed by atoms with Gasteiger partial charge in [-0.25, -0.2) is 0 Å². The van der Waals surface area contributed by atoms with Crippen LogP contribution < -0.4 is 11.1 Å². The van der Waals surface area contributed by atoms with Gasteiger partial charge in [0.2, 0.25) is 0 Å². The predicted molar refractivity (Wildman–Crippen MR) is 32.7 cm³/mol. The Morgan fingerprint density at radius 2 is 2.09 bits per heavy atom. The summed E-state index contributed by atoms with van der Waals surface area (Å²) in [4.78, 5) is 10.1. The van der Waals surface area contributed by atoms with Gasteiger partial charge in [0.25, 0.3) is 0 Å². The number of carbonyl (C=O) groups excluding carboxylic acids is 1. The number of hydrogen-bond donors (Lipinski definition) is 2. The average Bonchev–Trinajstić information content (AvgIpc) is 1.85. The molecule has 0 aliphatic heterocycles.